The van der Waals surface area contributed by atoms with Crippen LogP contribution in [0.25, 0.3) is 0 Å². The van der Waals surface area contributed by atoms with E-state index in [9.17, 15) is 9.90 Å². The molecule has 1 amide bonds. The van der Waals surface area contributed by atoms with Gasteiger partial charge in [0.1, 0.15) is 5.75 Å². The van der Waals surface area contributed by atoms with Crippen molar-refractivity contribution in [3.05, 3.63) is 64.7 Å². The maximum Gasteiger partial charge on any atom is 0.261 e. The van der Waals surface area contributed by atoms with Crippen molar-refractivity contribution < 1.29 is 14.6 Å². The highest BCUT2D eigenvalue weighted by atomic mass is 35.5. The average molecular weight is 332 g/mol. The minimum atomic E-state index is -0.670. The van der Waals surface area contributed by atoms with Crippen LogP contribution in [-0.4, -0.2) is 23.2 Å². The molecule has 3 atom stereocenters. The number of aliphatic hydroxyl groups is 1. The van der Waals surface area contributed by atoms with E-state index in [2.05, 4.69) is 5.32 Å². The third-order valence-electron chi connectivity index (χ3n) is 4.00. The molecule has 0 heterocycles. The van der Waals surface area contributed by atoms with Gasteiger partial charge < -0.3 is 15.2 Å². The molecule has 0 saturated heterocycles. The van der Waals surface area contributed by atoms with E-state index in [1.54, 1.807) is 31.2 Å². The van der Waals surface area contributed by atoms with Crippen molar-refractivity contribution in [1.82, 2.24) is 5.32 Å². The van der Waals surface area contributed by atoms with Gasteiger partial charge in [0, 0.05) is 11.4 Å². The van der Waals surface area contributed by atoms with Crippen LogP contribution in [0.15, 0.2) is 48.5 Å². The summed E-state index contributed by atoms with van der Waals surface area (Å²) < 4.78 is 5.61. The van der Waals surface area contributed by atoms with E-state index in [-0.39, 0.29) is 5.91 Å². The van der Waals surface area contributed by atoms with Crippen molar-refractivity contribution in [1.29, 1.82) is 0 Å². The lowest BCUT2D eigenvalue weighted by molar-refractivity contribution is -0.128. The molecule has 5 heteroatoms. The number of nitrogens with one attached hydrogen (secondary N) is 1. The largest absolute Gasteiger partial charge is 0.481 e. The Hall–Kier alpha value is -2.04. The van der Waals surface area contributed by atoms with Gasteiger partial charge in [-0.05, 0) is 42.3 Å². The van der Waals surface area contributed by atoms with Crippen LogP contribution in [0.5, 0.6) is 5.75 Å². The molecule has 2 aromatic rings. The van der Waals surface area contributed by atoms with E-state index >= 15 is 0 Å². The Balaban J connectivity index is 1.66. The molecular weight excluding hydrogens is 314 g/mol. The quantitative estimate of drug-likeness (QED) is 0.905. The Kier molecular flexibility index (Phi) is 4.55. The molecular formula is C18H18ClNO3. The summed E-state index contributed by atoms with van der Waals surface area (Å²) in [6.07, 6.45) is -0.733. The topological polar surface area (TPSA) is 58.6 Å². The molecule has 0 fully saturated rings. The minimum Gasteiger partial charge on any atom is -0.481 e. The minimum absolute atomic E-state index is 0.263. The molecule has 2 aromatic carbocycles. The van der Waals surface area contributed by atoms with Crippen LogP contribution in [0.1, 0.15) is 24.1 Å². The predicted molar refractivity (Wildman–Crippen MR) is 88.6 cm³/mol. The zero-order chi connectivity index (χ0) is 16.4. The van der Waals surface area contributed by atoms with Crippen LogP contribution >= 0.6 is 11.6 Å². The number of hydrogen-bond donors (Lipinski definition) is 2. The van der Waals surface area contributed by atoms with E-state index in [0.717, 1.165) is 11.1 Å². The number of halogens is 1. The second-order valence-electron chi connectivity index (χ2n) is 5.67. The number of carbonyl (C=O) groups is 1. The highest BCUT2D eigenvalue weighted by molar-refractivity contribution is 6.30. The average Bonchev–Trinajstić information content (AvgIpc) is 2.85. The molecule has 3 rings (SSSR count). The molecule has 1 aliphatic carbocycles. The van der Waals surface area contributed by atoms with Gasteiger partial charge in [-0.3, -0.25) is 4.79 Å². The molecule has 4 nitrogen and oxygen atoms in total. The van der Waals surface area contributed by atoms with Gasteiger partial charge in [-0.15, -0.1) is 0 Å². The second kappa shape index (κ2) is 6.60. The lowest BCUT2D eigenvalue weighted by atomic mass is 10.1. The zero-order valence-electron chi connectivity index (χ0n) is 12.7. The number of ether oxygens (including phenoxy) is 1. The first-order chi connectivity index (χ1) is 11.0. The number of fused-ring (bicyclic) bond motifs is 1. The molecule has 120 valence electrons. The number of hydrogen-bond acceptors (Lipinski definition) is 3. The summed E-state index contributed by atoms with van der Waals surface area (Å²) in [5.74, 6) is 0.310. The summed E-state index contributed by atoms with van der Waals surface area (Å²) in [7, 11) is 0. The molecule has 0 spiro atoms. The molecule has 0 saturated carbocycles. The van der Waals surface area contributed by atoms with Gasteiger partial charge in [-0.25, -0.2) is 0 Å². The van der Waals surface area contributed by atoms with Crippen molar-refractivity contribution in [3.8, 4) is 5.75 Å². The molecule has 2 N–H and O–H groups in total. The third-order valence-corrected chi connectivity index (χ3v) is 4.25. The molecule has 0 aromatic heterocycles. The SMILES string of the molecule is CC(Oc1ccc(Cl)cc1)C(=O)NC1c2ccccc2CC1O. The number of rotatable bonds is 4. The van der Waals surface area contributed by atoms with Gasteiger partial charge in [-0.1, -0.05) is 35.9 Å². The van der Waals surface area contributed by atoms with Crippen LogP contribution in [0, 0.1) is 0 Å². The van der Waals surface area contributed by atoms with E-state index in [1.165, 1.54) is 0 Å². The Bertz CT molecular complexity index is 702. The third kappa shape index (κ3) is 3.49. The molecule has 1 aliphatic rings. The van der Waals surface area contributed by atoms with Gasteiger partial charge in [0.05, 0.1) is 12.1 Å². The smallest absolute Gasteiger partial charge is 0.261 e. The monoisotopic (exact) mass is 331 g/mol. The maximum atomic E-state index is 12.4. The van der Waals surface area contributed by atoms with Crippen LogP contribution < -0.4 is 10.1 Å². The van der Waals surface area contributed by atoms with Crippen molar-refractivity contribution >= 4 is 17.5 Å². The number of carbonyl (C=O) groups excluding carboxylic acids is 1. The van der Waals surface area contributed by atoms with Crippen LogP contribution in [-0.2, 0) is 11.2 Å². The fourth-order valence-electron chi connectivity index (χ4n) is 2.79. The number of aliphatic hydroxyl groups excluding tert-OH is 1. The number of benzene rings is 2. The summed E-state index contributed by atoms with van der Waals surface area (Å²) >= 11 is 5.83. The van der Waals surface area contributed by atoms with Gasteiger partial charge in [0.25, 0.3) is 5.91 Å². The van der Waals surface area contributed by atoms with Gasteiger partial charge in [0.15, 0.2) is 6.10 Å². The Morgan fingerprint density at radius 2 is 1.96 bits per heavy atom. The molecule has 23 heavy (non-hydrogen) atoms. The van der Waals surface area contributed by atoms with Gasteiger partial charge in [0.2, 0.25) is 0 Å². The highest BCUT2D eigenvalue weighted by Crippen LogP contribution is 2.31. The first-order valence-corrected chi connectivity index (χ1v) is 7.91. The normalized spacial score (nSPS) is 20.7. The highest BCUT2D eigenvalue weighted by Gasteiger charge is 2.33. The van der Waals surface area contributed by atoms with Crippen molar-refractivity contribution in [2.24, 2.45) is 0 Å². The summed E-state index contributed by atoms with van der Waals surface area (Å²) in [4.78, 5) is 12.4. The van der Waals surface area contributed by atoms with E-state index < -0.39 is 18.2 Å². The van der Waals surface area contributed by atoms with Gasteiger partial charge in [-0.2, -0.15) is 0 Å². The maximum absolute atomic E-state index is 12.4. The standard InChI is InChI=1S/C18H18ClNO3/c1-11(23-14-8-6-13(19)7-9-14)18(22)20-17-15-5-3-2-4-12(15)10-16(17)21/h2-9,11,16-17,21H,10H2,1H3,(H,20,22). The Labute approximate surface area is 140 Å². The van der Waals surface area contributed by atoms with Crippen molar-refractivity contribution in [2.75, 3.05) is 0 Å². The van der Waals surface area contributed by atoms with E-state index in [0.29, 0.717) is 17.2 Å². The Morgan fingerprint density at radius 3 is 2.70 bits per heavy atom. The fourth-order valence-corrected chi connectivity index (χ4v) is 2.92. The molecule has 0 radical (unpaired) electrons. The lowest BCUT2D eigenvalue weighted by Gasteiger charge is -2.21. The second-order valence-corrected chi connectivity index (χ2v) is 6.11. The van der Waals surface area contributed by atoms with Gasteiger partial charge >= 0.3 is 0 Å². The predicted octanol–water partition coefficient (Wildman–Crippen LogP) is 2.88. The van der Waals surface area contributed by atoms with E-state index in [1.807, 2.05) is 24.3 Å². The van der Waals surface area contributed by atoms with Crippen molar-refractivity contribution in [2.45, 2.75) is 31.6 Å². The molecule has 3 unspecified atom stereocenters. The summed E-state index contributed by atoms with van der Waals surface area (Å²) in [6, 6.07) is 14.2. The van der Waals surface area contributed by atoms with Crippen LogP contribution in [0.3, 0.4) is 0 Å². The summed E-state index contributed by atoms with van der Waals surface area (Å²) in [6.45, 7) is 1.68. The molecule has 0 aliphatic heterocycles. The first-order valence-electron chi connectivity index (χ1n) is 7.53. The number of amides is 1. The molecule has 0 bridgehead atoms. The fraction of sp³-hybridized carbons (Fsp3) is 0.278. The van der Waals surface area contributed by atoms with Crippen LogP contribution in [0.4, 0.5) is 0 Å². The van der Waals surface area contributed by atoms with E-state index in [4.69, 9.17) is 16.3 Å². The van der Waals surface area contributed by atoms with Crippen LogP contribution in [0.2, 0.25) is 5.02 Å². The van der Waals surface area contributed by atoms with Crippen molar-refractivity contribution in [3.63, 3.8) is 0 Å². The zero-order valence-corrected chi connectivity index (χ0v) is 13.5. The summed E-state index contributed by atoms with van der Waals surface area (Å²) in [5, 5.41) is 13.7. The Morgan fingerprint density at radius 1 is 1.26 bits per heavy atom. The lowest BCUT2D eigenvalue weighted by Crippen LogP contribution is -2.41. The summed E-state index contributed by atoms with van der Waals surface area (Å²) in [5.41, 5.74) is 2.03. The first kappa shape index (κ1) is 15.8.